The van der Waals surface area contributed by atoms with Gasteiger partial charge in [-0.25, -0.2) is 4.98 Å². The van der Waals surface area contributed by atoms with Gasteiger partial charge in [-0.2, -0.15) is 0 Å². The Morgan fingerprint density at radius 2 is 1.57 bits per heavy atom. The van der Waals surface area contributed by atoms with E-state index in [1.54, 1.807) is 7.11 Å². The largest absolute Gasteiger partial charge is 0.497 e. The van der Waals surface area contributed by atoms with Crippen LogP contribution in [0.1, 0.15) is 32.1 Å². The molecule has 1 saturated heterocycles. The van der Waals surface area contributed by atoms with Gasteiger partial charge in [-0.1, -0.05) is 18.2 Å². The summed E-state index contributed by atoms with van der Waals surface area (Å²) in [6.45, 7) is 6.78. The SMILES string of the molecule is COC(=O)CCCCCOc1ccc2nc(-c3ccc(OC)cc3)n(CCCN3CCN(c4ccccc4)CC3)c2c1. The number of carbonyl (C=O) groups is 1. The Morgan fingerprint density at radius 1 is 0.810 bits per heavy atom. The lowest BCUT2D eigenvalue weighted by Gasteiger charge is -2.36. The number of esters is 1. The van der Waals surface area contributed by atoms with Gasteiger partial charge < -0.3 is 23.7 Å². The normalized spacial score (nSPS) is 13.8. The first kappa shape index (κ1) is 29.5. The number of hydrogen-bond donors (Lipinski definition) is 0. The lowest BCUT2D eigenvalue weighted by atomic mass is 10.2. The number of anilines is 1. The molecule has 8 nitrogen and oxygen atoms in total. The van der Waals surface area contributed by atoms with Crippen LogP contribution in [0.25, 0.3) is 22.4 Å². The summed E-state index contributed by atoms with van der Waals surface area (Å²) in [4.78, 5) is 21.4. The second-order valence-corrected chi connectivity index (χ2v) is 10.7. The number of carbonyl (C=O) groups excluding carboxylic acids is 1. The van der Waals surface area contributed by atoms with Crippen LogP contribution in [0, 0.1) is 0 Å². The number of unbranched alkanes of at least 4 members (excludes halogenated alkanes) is 2. The Hall–Kier alpha value is -4.04. The molecule has 0 atom stereocenters. The van der Waals surface area contributed by atoms with Crippen molar-refractivity contribution in [1.82, 2.24) is 14.5 Å². The molecule has 0 radical (unpaired) electrons. The van der Waals surface area contributed by atoms with Crippen molar-refractivity contribution in [2.75, 3.05) is 58.5 Å². The summed E-state index contributed by atoms with van der Waals surface area (Å²) in [6, 6.07) is 25.0. The number of hydrogen-bond acceptors (Lipinski definition) is 7. The molecule has 1 aliphatic heterocycles. The van der Waals surface area contributed by atoms with Gasteiger partial charge in [-0.3, -0.25) is 9.69 Å². The average molecular weight is 571 g/mol. The summed E-state index contributed by atoms with van der Waals surface area (Å²) in [5.74, 6) is 2.48. The van der Waals surface area contributed by atoms with Crippen LogP contribution < -0.4 is 14.4 Å². The minimum Gasteiger partial charge on any atom is -0.497 e. The fourth-order valence-electron chi connectivity index (χ4n) is 5.54. The second-order valence-electron chi connectivity index (χ2n) is 10.7. The van der Waals surface area contributed by atoms with E-state index in [9.17, 15) is 4.79 Å². The maximum absolute atomic E-state index is 11.3. The van der Waals surface area contributed by atoms with Gasteiger partial charge in [-0.15, -0.1) is 0 Å². The molecule has 0 spiro atoms. The van der Waals surface area contributed by atoms with Gasteiger partial charge in [0.1, 0.15) is 17.3 Å². The van der Waals surface area contributed by atoms with Crippen molar-refractivity contribution in [3.8, 4) is 22.9 Å². The maximum Gasteiger partial charge on any atom is 0.305 e. The first-order chi connectivity index (χ1) is 20.6. The third-order valence-electron chi connectivity index (χ3n) is 7.94. The molecular formula is C34H42N4O4. The molecule has 0 N–H and O–H groups in total. The minimum absolute atomic E-state index is 0.156. The van der Waals surface area contributed by atoms with Crippen LogP contribution in [-0.2, 0) is 16.1 Å². The third-order valence-corrected chi connectivity index (χ3v) is 7.94. The van der Waals surface area contributed by atoms with Crippen molar-refractivity contribution >= 4 is 22.7 Å². The number of ether oxygens (including phenoxy) is 3. The lowest BCUT2D eigenvalue weighted by molar-refractivity contribution is -0.140. The van der Waals surface area contributed by atoms with E-state index in [1.165, 1.54) is 12.8 Å². The molecule has 0 amide bonds. The van der Waals surface area contributed by atoms with Crippen LogP contribution in [0.4, 0.5) is 5.69 Å². The van der Waals surface area contributed by atoms with Crippen molar-refractivity contribution in [2.24, 2.45) is 0 Å². The molecular weight excluding hydrogens is 528 g/mol. The first-order valence-corrected chi connectivity index (χ1v) is 15.0. The standard InChI is InChI=1S/C34H42N4O4/c1-40-29-15-13-27(14-16-29)34-35-31-18-17-30(42-25-8-4-7-12-33(39)41-2)26-32(31)38(34)20-9-19-36-21-23-37(24-22-36)28-10-5-3-6-11-28/h3,5-6,10-11,13-18,26H,4,7-9,12,19-25H2,1-2H3. The van der Waals surface area contributed by atoms with Gasteiger partial charge in [-0.05, 0) is 80.8 Å². The van der Waals surface area contributed by atoms with Gasteiger partial charge >= 0.3 is 5.97 Å². The number of para-hydroxylation sites is 1. The van der Waals surface area contributed by atoms with E-state index in [0.29, 0.717) is 13.0 Å². The Labute approximate surface area is 248 Å². The van der Waals surface area contributed by atoms with E-state index in [1.807, 2.05) is 24.3 Å². The van der Waals surface area contributed by atoms with Gasteiger partial charge in [0.2, 0.25) is 0 Å². The smallest absolute Gasteiger partial charge is 0.305 e. The number of aryl methyl sites for hydroxylation is 1. The van der Waals surface area contributed by atoms with E-state index in [2.05, 4.69) is 62.9 Å². The van der Waals surface area contributed by atoms with Crippen molar-refractivity contribution in [3.63, 3.8) is 0 Å². The number of piperazine rings is 1. The molecule has 5 rings (SSSR count). The van der Waals surface area contributed by atoms with Crippen LogP contribution in [0.15, 0.2) is 72.8 Å². The Kier molecular flexibility index (Phi) is 10.3. The topological polar surface area (TPSA) is 69.1 Å². The van der Waals surface area contributed by atoms with Crippen LogP contribution >= 0.6 is 0 Å². The number of fused-ring (bicyclic) bond motifs is 1. The van der Waals surface area contributed by atoms with Crippen LogP contribution in [0.3, 0.4) is 0 Å². The Morgan fingerprint density at radius 3 is 2.31 bits per heavy atom. The van der Waals surface area contributed by atoms with E-state index >= 15 is 0 Å². The molecule has 0 unspecified atom stereocenters. The fourth-order valence-corrected chi connectivity index (χ4v) is 5.54. The number of imidazole rings is 1. The van der Waals surface area contributed by atoms with E-state index in [4.69, 9.17) is 19.2 Å². The number of nitrogens with zero attached hydrogens (tertiary/aromatic N) is 4. The van der Waals surface area contributed by atoms with E-state index in [0.717, 1.165) is 98.9 Å². The number of benzene rings is 3. The summed E-state index contributed by atoms with van der Waals surface area (Å²) < 4.78 is 18.5. The predicted octanol–water partition coefficient (Wildman–Crippen LogP) is 6.04. The molecule has 2 heterocycles. The summed E-state index contributed by atoms with van der Waals surface area (Å²) in [6.07, 6.45) is 4.12. The zero-order valence-corrected chi connectivity index (χ0v) is 24.8. The highest BCUT2D eigenvalue weighted by Gasteiger charge is 2.18. The van der Waals surface area contributed by atoms with Gasteiger partial charge in [0.05, 0.1) is 31.9 Å². The summed E-state index contributed by atoms with van der Waals surface area (Å²) in [7, 11) is 3.12. The number of methoxy groups -OCH3 is 2. The summed E-state index contributed by atoms with van der Waals surface area (Å²) >= 11 is 0. The van der Waals surface area contributed by atoms with Crippen molar-refractivity contribution in [3.05, 3.63) is 72.8 Å². The molecule has 0 saturated carbocycles. The molecule has 0 aliphatic carbocycles. The fraction of sp³-hybridized carbons (Fsp3) is 0.412. The van der Waals surface area contributed by atoms with Crippen LogP contribution in [0.5, 0.6) is 11.5 Å². The molecule has 0 bridgehead atoms. The molecule has 1 aliphatic rings. The second kappa shape index (κ2) is 14.7. The molecule has 222 valence electrons. The zero-order valence-electron chi connectivity index (χ0n) is 24.8. The van der Waals surface area contributed by atoms with Crippen molar-refractivity contribution < 1.29 is 19.0 Å². The molecule has 42 heavy (non-hydrogen) atoms. The molecule has 4 aromatic rings. The average Bonchev–Trinajstić information content (AvgIpc) is 3.41. The first-order valence-electron chi connectivity index (χ1n) is 15.0. The van der Waals surface area contributed by atoms with Crippen molar-refractivity contribution in [1.29, 1.82) is 0 Å². The quantitative estimate of drug-likeness (QED) is 0.135. The van der Waals surface area contributed by atoms with Crippen molar-refractivity contribution in [2.45, 2.75) is 38.6 Å². The predicted molar refractivity (Wildman–Crippen MR) is 167 cm³/mol. The highest BCUT2D eigenvalue weighted by Crippen LogP contribution is 2.29. The molecule has 3 aromatic carbocycles. The van der Waals surface area contributed by atoms with Gasteiger partial charge in [0.15, 0.2) is 0 Å². The van der Waals surface area contributed by atoms with E-state index < -0.39 is 0 Å². The van der Waals surface area contributed by atoms with E-state index in [-0.39, 0.29) is 5.97 Å². The highest BCUT2D eigenvalue weighted by molar-refractivity contribution is 5.82. The Balaban J connectivity index is 1.24. The summed E-state index contributed by atoms with van der Waals surface area (Å²) in [5.41, 5.74) is 4.42. The third kappa shape index (κ3) is 7.62. The monoisotopic (exact) mass is 570 g/mol. The molecule has 1 fully saturated rings. The van der Waals surface area contributed by atoms with Gasteiger partial charge in [0.25, 0.3) is 0 Å². The highest BCUT2D eigenvalue weighted by atomic mass is 16.5. The minimum atomic E-state index is -0.156. The van der Waals surface area contributed by atoms with Gasteiger partial charge in [0, 0.05) is 56.5 Å². The zero-order chi connectivity index (χ0) is 29.1. The lowest BCUT2D eigenvalue weighted by Crippen LogP contribution is -2.46. The summed E-state index contributed by atoms with van der Waals surface area (Å²) in [5, 5.41) is 0. The maximum atomic E-state index is 11.3. The number of aromatic nitrogens is 2. The molecule has 8 heteroatoms. The molecule has 1 aromatic heterocycles. The van der Waals surface area contributed by atoms with Crippen LogP contribution in [-0.4, -0.2) is 74.0 Å². The number of rotatable bonds is 14. The Bertz CT molecular complexity index is 1410. The van der Waals surface area contributed by atoms with Crippen LogP contribution in [0.2, 0.25) is 0 Å².